The number of rotatable bonds is 5. The summed E-state index contributed by atoms with van der Waals surface area (Å²) in [5.74, 6) is 1.44. The fraction of sp³-hybridized carbons (Fsp3) is 0.100. The molecule has 0 unspecified atom stereocenters. The van der Waals surface area contributed by atoms with E-state index in [-0.39, 0.29) is 18.0 Å². The van der Waals surface area contributed by atoms with Gasteiger partial charge in [0.15, 0.2) is 11.6 Å². The lowest BCUT2D eigenvalue weighted by atomic mass is 10.2. The number of nitrogens with zero attached hydrogens (tertiary/aromatic N) is 1. The van der Waals surface area contributed by atoms with Crippen molar-refractivity contribution >= 4 is 22.4 Å². The van der Waals surface area contributed by atoms with Gasteiger partial charge >= 0.3 is 0 Å². The van der Waals surface area contributed by atoms with Crippen molar-refractivity contribution in [3.8, 4) is 5.75 Å². The van der Waals surface area contributed by atoms with Gasteiger partial charge in [-0.2, -0.15) is 0 Å². The summed E-state index contributed by atoms with van der Waals surface area (Å²) in [6.45, 7) is 1.90. The first-order valence-corrected chi connectivity index (χ1v) is 8.31. The van der Waals surface area contributed by atoms with Gasteiger partial charge in [-0.15, -0.1) is 0 Å². The molecule has 2 N–H and O–H groups in total. The highest BCUT2D eigenvalue weighted by Gasteiger charge is 2.07. The Bertz CT molecular complexity index is 1170. The van der Waals surface area contributed by atoms with Crippen molar-refractivity contribution in [3.63, 3.8) is 0 Å². The number of aromatic amines is 1. The number of ether oxygens (including phenoxy) is 1. The Morgan fingerprint density at radius 2 is 2.04 bits per heavy atom. The number of fused-ring (bicyclic) bond motifs is 1. The highest BCUT2D eigenvalue weighted by atomic mass is 19.1. The van der Waals surface area contributed by atoms with Crippen LogP contribution in [0.5, 0.6) is 5.75 Å². The van der Waals surface area contributed by atoms with E-state index < -0.39 is 0 Å². The minimum atomic E-state index is -0.255. The van der Waals surface area contributed by atoms with E-state index >= 15 is 0 Å². The molecule has 0 atom stereocenters. The molecular formula is C20H16FN3O3. The average molecular weight is 365 g/mol. The van der Waals surface area contributed by atoms with Gasteiger partial charge in [0, 0.05) is 28.7 Å². The van der Waals surface area contributed by atoms with Crippen molar-refractivity contribution in [2.75, 3.05) is 5.32 Å². The monoisotopic (exact) mass is 365 g/mol. The molecule has 4 aromatic rings. The second-order valence-corrected chi connectivity index (χ2v) is 6.13. The summed E-state index contributed by atoms with van der Waals surface area (Å²) in [5, 5.41) is 7.87. The van der Waals surface area contributed by atoms with Crippen LogP contribution < -0.4 is 15.6 Å². The third-order valence-corrected chi connectivity index (χ3v) is 4.07. The number of hydrogen-bond donors (Lipinski definition) is 2. The Labute approximate surface area is 153 Å². The standard InChI is InChI=1S/C20H16FN3O3/c1-12-8-14(3-5-17(12)21)22-19-10-16(27-24-19)11-26-15-4-6-18-13(9-15)2-7-20(25)23-18/h2-10H,11H2,1H3,(H,22,24)(H,23,25). The number of anilines is 2. The first-order valence-electron chi connectivity index (χ1n) is 8.31. The first kappa shape index (κ1) is 16.8. The van der Waals surface area contributed by atoms with Crippen molar-refractivity contribution in [1.82, 2.24) is 10.1 Å². The van der Waals surface area contributed by atoms with E-state index in [4.69, 9.17) is 9.26 Å². The molecule has 0 fully saturated rings. The molecule has 7 heteroatoms. The molecule has 0 saturated heterocycles. The van der Waals surface area contributed by atoms with Gasteiger partial charge in [-0.3, -0.25) is 4.79 Å². The van der Waals surface area contributed by atoms with Gasteiger partial charge in [0.05, 0.1) is 0 Å². The third kappa shape index (κ3) is 3.82. The summed E-state index contributed by atoms with van der Waals surface area (Å²) < 4.78 is 24.3. The molecule has 0 aliphatic heterocycles. The van der Waals surface area contributed by atoms with Crippen LogP contribution in [-0.2, 0) is 6.61 Å². The van der Waals surface area contributed by atoms with Crippen LogP contribution in [-0.4, -0.2) is 10.1 Å². The summed E-state index contributed by atoms with van der Waals surface area (Å²) in [5.41, 5.74) is 1.87. The molecule has 0 radical (unpaired) electrons. The highest BCUT2D eigenvalue weighted by molar-refractivity contribution is 5.79. The maximum atomic E-state index is 13.3. The smallest absolute Gasteiger partial charge is 0.248 e. The van der Waals surface area contributed by atoms with Crippen LogP contribution in [0.25, 0.3) is 10.9 Å². The predicted octanol–water partition coefficient (Wildman–Crippen LogP) is 4.29. The van der Waals surface area contributed by atoms with Crippen molar-refractivity contribution in [2.24, 2.45) is 0 Å². The van der Waals surface area contributed by atoms with Gasteiger partial charge in [0.1, 0.15) is 18.2 Å². The Hall–Kier alpha value is -3.61. The zero-order valence-corrected chi connectivity index (χ0v) is 14.5. The molecule has 136 valence electrons. The van der Waals surface area contributed by atoms with Crippen LogP contribution in [0.3, 0.4) is 0 Å². The second-order valence-electron chi connectivity index (χ2n) is 6.13. The van der Waals surface area contributed by atoms with Gasteiger partial charge < -0.3 is 19.6 Å². The Morgan fingerprint density at radius 3 is 2.89 bits per heavy atom. The number of nitrogens with one attached hydrogen (secondary N) is 2. The number of benzene rings is 2. The Kier molecular flexibility index (Phi) is 4.33. The number of aromatic nitrogens is 2. The number of halogens is 1. The van der Waals surface area contributed by atoms with Gasteiger partial charge in [0.2, 0.25) is 5.56 Å². The number of H-pyrrole nitrogens is 1. The molecule has 4 rings (SSSR count). The van der Waals surface area contributed by atoms with E-state index in [0.29, 0.717) is 22.9 Å². The van der Waals surface area contributed by atoms with Crippen LogP contribution in [0.2, 0.25) is 0 Å². The van der Waals surface area contributed by atoms with Crippen LogP contribution in [0.4, 0.5) is 15.9 Å². The Morgan fingerprint density at radius 1 is 1.15 bits per heavy atom. The van der Waals surface area contributed by atoms with E-state index in [1.165, 1.54) is 12.1 Å². The molecule has 0 aliphatic rings. The molecule has 0 aliphatic carbocycles. The van der Waals surface area contributed by atoms with E-state index in [1.54, 1.807) is 43.3 Å². The molecule has 0 bridgehead atoms. The summed E-state index contributed by atoms with van der Waals surface area (Å²) in [6, 6.07) is 15.0. The van der Waals surface area contributed by atoms with Crippen LogP contribution in [0.15, 0.2) is 63.9 Å². The van der Waals surface area contributed by atoms with Crippen LogP contribution in [0, 0.1) is 12.7 Å². The quantitative estimate of drug-likeness (QED) is 0.552. The number of aryl methyl sites for hydroxylation is 1. The van der Waals surface area contributed by atoms with Crippen molar-refractivity contribution in [3.05, 3.63) is 82.1 Å². The lowest BCUT2D eigenvalue weighted by Crippen LogP contribution is -2.02. The van der Waals surface area contributed by atoms with E-state index in [0.717, 1.165) is 16.6 Å². The normalized spacial score (nSPS) is 10.9. The van der Waals surface area contributed by atoms with E-state index in [1.807, 2.05) is 6.07 Å². The first-order chi connectivity index (χ1) is 13.1. The van der Waals surface area contributed by atoms with E-state index in [2.05, 4.69) is 15.5 Å². The summed E-state index contributed by atoms with van der Waals surface area (Å²) in [7, 11) is 0. The molecule has 0 amide bonds. The number of pyridine rings is 1. The summed E-state index contributed by atoms with van der Waals surface area (Å²) >= 11 is 0. The lowest BCUT2D eigenvalue weighted by molar-refractivity contribution is 0.250. The maximum absolute atomic E-state index is 13.3. The molecular weight excluding hydrogens is 349 g/mol. The molecule has 0 spiro atoms. The SMILES string of the molecule is Cc1cc(Nc2cc(COc3ccc4[nH]c(=O)ccc4c3)on2)ccc1F. The van der Waals surface area contributed by atoms with E-state index in [9.17, 15) is 9.18 Å². The molecule has 2 aromatic carbocycles. The van der Waals surface area contributed by atoms with Gasteiger partial charge in [0.25, 0.3) is 0 Å². The largest absolute Gasteiger partial charge is 0.486 e. The van der Waals surface area contributed by atoms with Crippen molar-refractivity contribution < 1.29 is 13.7 Å². The van der Waals surface area contributed by atoms with Crippen LogP contribution >= 0.6 is 0 Å². The predicted molar refractivity (Wildman–Crippen MR) is 99.8 cm³/mol. The fourth-order valence-electron chi connectivity index (χ4n) is 2.69. The van der Waals surface area contributed by atoms with Crippen LogP contribution in [0.1, 0.15) is 11.3 Å². The lowest BCUT2D eigenvalue weighted by Gasteiger charge is -2.05. The van der Waals surface area contributed by atoms with Crippen molar-refractivity contribution in [2.45, 2.75) is 13.5 Å². The maximum Gasteiger partial charge on any atom is 0.248 e. The molecule has 6 nitrogen and oxygen atoms in total. The molecule has 2 aromatic heterocycles. The van der Waals surface area contributed by atoms with Gasteiger partial charge in [-0.1, -0.05) is 5.16 Å². The van der Waals surface area contributed by atoms with Gasteiger partial charge in [-0.25, -0.2) is 4.39 Å². The Balaban J connectivity index is 1.42. The zero-order chi connectivity index (χ0) is 18.8. The molecule has 0 saturated carbocycles. The second kappa shape index (κ2) is 6.95. The third-order valence-electron chi connectivity index (χ3n) is 4.07. The summed E-state index contributed by atoms with van der Waals surface area (Å²) in [6.07, 6.45) is 0. The molecule has 27 heavy (non-hydrogen) atoms. The summed E-state index contributed by atoms with van der Waals surface area (Å²) in [4.78, 5) is 14.1. The fourth-order valence-corrected chi connectivity index (χ4v) is 2.69. The van der Waals surface area contributed by atoms with Crippen molar-refractivity contribution in [1.29, 1.82) is 0 Å². The highest BCUT2D eigenvalue weighted by Crippen LogP contribution is 2.22. The minimum Gasteiger partial charge on any atom is -0.486 e. The molecule has 2 heterocycles. The van der Waals surface area contributed by atoms with Gasteiger partial charge in [-0.05, 0) is 55.0 Å². The topological polar surface area (TPSA) is 80.1 Å². The zero-order valence-electron chi connectivity index (χ0n) is 14.5. The average Bonchev–Trinajstić information content (AvgIpc) is 3.10. The minimum absolute atomic E-state index is 0.144. The number of hydrogen-bond acceptors (Lipinski definition) is 5.